The molecule has 11 nitrogen and oxygen atoms in total. The molecule has 0 radical (unpaired) electrons. The molecule has 4 atom stereocenters. The van der Waals surface area contributed by atoms with E-state index in [4.69, 9.17) is 15.9 Å². The van der Waals surface area contributed by atoms with Crippen molar-refractivity contribution in [2.45, 2.75) is 50.4 Å². The van der Waals surface area contributed by atoms with Crippen LogP contribution in [0.5, 0.6) is 0 Å². The monoisotopic (exact) mass is 404 g/mol. The van der Waals surface area contributed by atoms with E-state index >= 15 is 0 Å². The minimum absolute atomic E-state index is 0.0980. The van der Waals surface area contributed by atoms with E-state index in [2.05, 4.69) is 23.3 Å². The Morgan fingerprint density at radius 3 is 2.37 bits per heavy atom. The van der Waals surface area contributed by atoms with Gasteiger partial charge in [0.1, 0.15) is 18.1 Å². The second-order valence-electron chi connectivity index (χ2n) is 6.21. The first kappa shape index (κ1) is 22.7. The van der Waals surface area contributed by atoms with Crippen LogP contribution in [0.25, 0.3) is 0 Å². The van der Waals surface area contributed by atoms with E-state index in [1.807, 2.05) is 0 Å². The Balaban J connectivity index is 2.86. The second kappa shape index (κ2) is 10.1. The molecule has 1 aliphatic rings. The molecule has 27 heavy (non-hydrogen) atoms. The van der Waals surface area contributed by atoms with Gasteiger partial charge in [0.15, 0.2) is 0 Å². The van der Waals surface area contributed by atoms with Crippen molar-refractivity contribution < 1.29 is 34.2 Å². The Hall–Kier alpha value is -2.34. The Morgan fingerprint density at radius 2 is 1.85 bits per heavy atom. The van der Waals surface area contributed by atoms with Gasteiger partial charge < -0.3 is 31.5 Å². The van der Waals surface area contributed by atoms with Gasteiger partial charge in [0.25, 0.3) is 0 Å². The lowest BCUT2D eigenvalue weighted by atomic mass is 10.1. The van der Waals surface area contributed by atoms with Crippen LogP contribution in [-0.4, -0.2) is 81.2 Å². The molecule has 1 rings (SSSR count). The van der Waals surface area contributed by atoms with E-state index < -0.39 is 60.2 Å². The smallest absolute Gasteiger partial charge is 0.325 e. The number of carbonyl (C=O) groups excluding carboxylic acids is 3. The molecule has 1 fully saturated rings. The molecule has 1 aliphatic heterocycles. The standard InChI is InChI=1S/C15H24N4O7S/c1-7(15(25)26)17-12(22)9(5-11(20)21)18-13(23)10-3-2-4-19(10)14(24)8(16)6-27/h7-10,27H,2-6,16H2,1H3,(H,17,22)(H,18,23)(H,20,21)(H,25,26). The minimum Gasteiger partial charge on any atom is -0.481 e. The van der Waals surface area contributed by atoms with E-state index in [0.29, 0.717) is 19.4 Å². The summed E-state index contributed by atoms with van der Waals surface area (Å²) < 4.78 is 0. The van der Waals surface area contributed by atoms with Gasteiger partial charge in [-0.05, 0) is 19.8 Å². The van der Waals surface area contributed by atoms with Gasteiger partial charge in [-0.15, -0.1) is 0 Å². The first-order valence-electron chi connectivity index (χ1n) is 8.30. The number of nitrogens with one attached hydrogen (secondary N) is 2. The normalized spacial score (nSPS) is 19.7. The quantitative estimate of drug-likeness (QED) is 0.234. The highest BCUT2D eigenvalue weighted by Gasteiger charge is 2.37. The third kappa shape index (κ3) is 6.40. The van der Waals surface area contributed by atoms with Crippen molar-refractivity contribution in [3.8, 4) is 0 Å². The number of hydrogen-bond donors (Lipinski definition) is 6. The molecule has 6 N–H and O–H groups in total. The van der Waals surface area contributed by atoms with Crippen molar-refractivity contribution in [3.63, 3.8) is 0 Å². The highest BCUT2D eigenvalue weighted by molar-refractivity contribution is 7.80. The van der Waals surface area contributed by atoms with Crippen molar-refractivity contribution in [2.24, 2.45) is 5.73 Å². The van der Waals surface area contributed by atoms with Gasteiger partial charge in [-0.3, -0.25) is 24.0 Å². The zero-order valence-corrected chi connectivity index (χ0v) is 15.6. The second-order valence-corrected chi connectivity index (χ2v) is 6.57. The number of amides is 3. The van der Waals surface area contributed by atoms with Gasteiger partial charge in [-0.25, -0.2) is 0 Å². The zero-order chi connectivity index (χ0) is 20.7. The summed E-state index contributed by atoms with van der Waals surface area (Å²) in [5.74, 6) is -4.66. The molecule has 0 saturated carbocycles. The minimum atomic E-state index is -1.48. The molecule has 1 heterocycles. The number of aliphatic carboxylic acids is 2. The van der Waals surface area contributed by atoms with Crippen molar-refractivity contribution in [2.75, 3.05) is 12.3 Å². The molecule has 3 amide bonds. The highest BCUT2D eigenvalue weighted by atomic mass is 32.1. The summed E-state index contributed by atoms with van der Waals surface area (Å²) in [6, 6.07) is -4.50. The predicted octanol–water partition coefficient (Wildman–Crippen LogP) is -2.22. The number of hydrogen-bond acceptors (Lipinski definition) is 7. The van der Waals surface area contributed by atoms with Crippen molar-refractivity contribution in [1.82, 2.24) is 15.5 Å². The molecule has 0 aromatic heterocycles. The molecule has 0 bridgehead atoms. The Labute approximate surface area is 161 Å². The number of thiol groups is 1. The Bertz CT molecular complexity index is 615. The number of rotatable bonds is 9. The van der Waals surface area contributed by atoms with Crippen LogP contribution in [0.2, 0.25) is 0 Å². The third-order valence-corrected chi connectivity index (χ3v) is 4.49. The largest absolute Gasteiger partial charge is 0.481 e. The molecule has 152 valence electrons. The molecular formula is C15H24N4O7S. The number of nitrogens with zero attached hydrogens (tertiary/aromatic N) is 1. The fourth-order valence-electron chi connectivity index (χ4n) is 2.62. The number of carbonyl (C=O) groups is 5. The zero-order valence-electron chi connectivity index (χ0n) is 14.8. The lowest BCUT2D eigenvalue weighted by molar-refractivity contribution is -0.144. The maximum Gasteiger partial charge on any atom is 0.325 e. The highest BCUT2D eigenvalue weighted by Crippen LogP contribution is 2.19. The van der Waals surface area contributed by atoms with E-state index in [1.165, 1.54) is 11.8 Å². The Kier molecular flexibility index (Phi) is 8.50. The van der Waals surface area contributed by atoms with Crippen LogP contribution in [0.3, 0.4) is 0 Å². The molecular weight excluding hydrogens is 380 g/mol. The topological polar surface area (TPSA) is 179 Å². The SMILES string of the molecule is CC(NC(=O)C(CC(=O)O)NC(=O)C1CCCN1C(=O)C(N)CS)C(=O)O. The molecule has 1 saturated heterocycles. The lowest BCUT2D eigenvalue weighted by Crippen LogP contribution is -2.56. The van der Waals surface area contributed by atoms with Crippen LogP contribution in [0.4, 0.5) is 0 Å². The van der Waals surface area contributed by atoms with Gasteiger partial charge in [-0.1, -0.05) is 0 Å². The lowest BCUT2D eigenvalue weighted by Gasteiger charge is -2.27. The summed E-state index contributed by atoms with van der Waals surface area (Å²) in [7, 11) is 0. The van der Waals surface area contributed by atoms with Crippen LogP contribution < -0.4 is 16.4 Å². The van der Waals surface area contributed by atoms with Gasteiger partial charge in [-0.2, -0.15) is 12.6 Å². The molecule has 0 spiro atoms. The Morgan fingerprint density at radius 1 is 1.22 bits per heavy atom. The molecule has 4 unspecified atom stereocenters. The van der Waals surface area contributed by atoms with E-state index in [-0.39, 0.29) is 5.75 Å². The van der Waals surface area contributed by atoms with Crippen LogP contribution in [-0.2, 0) is 24.0 Å². The van der Waals surface area contributed by atoms with E-state index in [0.717, 1.165) is 0 Å². The fourth-order valence-corrected chi connectivity index (χ4v) is 2.78. The van der Waals surface area contributed by atoms with E-state index in [1.54, 1.807) is 0 Å². The van der Waals surface area contributed by atoms with Crippen molar-refractivity contribution in [1.29, 1.82) is 0 Å². The molecule has 0 aromatic rings. The average Bonchev–Trinajstić information content (AvgIpc) is 3.08. The van der Waals surface area contributed by atoms with E-state index in [9.17, 15) is 24.0 Å². The van der Waals surface area contributed by atoms with Gasteiger partial charge >= 0.3 is 11.9 Å². The van der Waals surface area contributed by atoms with Crippen molar-refractivity contribution >= 4 is 42.3 Å². The number of likely N-dealkylation sites (tertiary alicyclic amines) is 1. The maximum absolute atomic E-state index is 12.5. The summed E-state index contributed by atoms with van der Waals surface area (Å²) in [6.45, 7) is 1.51. The van der Waals surface area contributed by atoms with Gasteiger partial charge in [0.2, 0.25) is 17.7 Å². The van der Waals surface area contributed by atoms with Crippen LogP contribution >= 0.6 is 12.6 Å². The van der Waals surface area contributed by atoms with Gasteiger partial charge in [0.05, 0.1) is 12.5 Å². The maximum atomic E-state index is 12.5. The van der Waals surface area contributed by atoms with Crippen LogP contribution in [0.1, 0.15) is 26.2 Å². The van der Waals surface area contributed by atoms with Gasteiger partial charge in [0, 0.05) is 12.3 Å². The first-order chi connectivity index (χ1) is 12.6. The summed E-state index contributed by atoms with van der Waals surface area (Å²) >= 11 is 3.96. The predicted molar refractivity (Wildman–Crippen MR) is 96.0 cm³/mol. The summed E-state index contributed by atoms with van der Waals surface area (Å²) in [5, 5.41) is 22.2. The summed E-state index contributed by atoms with van der Waals surface area (Å²) in [4.78, 5) is 60.1. The number of nitrogens with two attached hydrogens (primary N) is 1. The number of carboxylic acid groups (broad SMARTS) is 2. The van der Waals surface area contributed by atoms with Crippen LogP contribution in [0.15, 0.2) is 0 Å². The van der Waals surface area contributed by atoms with Crippen LogP contribution in [0, 0.1) is 0 Å². The summed E-state index contributed by atoms with van der Waals surface area (Å²) in [6.07, 6.45) is 0.152. The van der Waals surface area contributed by atoms with Crippen molar-refractivity contribution in [3.05, 3.63) is 0 Å². The third-order valence-electron chi connectivity index (χ3n) is 4.09. The average molecular weight is 404 g/mol. The fraction of sp³-hybridized carbons (Fsp3) is 0.667. The first-order valence-corrected chi connectivity index (χ1v) is 8.94. The number of carboxylic acids is 2. The molecule has 0 aromatic carbocycles. The molecule has 12 heteroatoms. The molecule has 0 aliphatic carbocycles. The summed E-state index contributed by atoms with van der Waals surface area (Å²) in [5.41, 5.74) is 5.66.